The Morgan fingerprint density at radius 3 is 2.62 bits per heavy atom. The number of nitrogens with zero attached hydrogens (tertiary/aromatic N) is 6. The Kier molecular flexibility index (Phi) is 5.33. The second-order valence-electron chi connectivity index (χ2n) is 6.39. The van der Waals surface area contributed by atoms with Crippen molar-refractivity contribution in [1.29, 1.82) is 5.26 Å². The second-order valence-corrected chi connectivity index (χ2v) is 6.39. The van der Waals surface area contributed by atoms with Crippen molar-refractivity contribution < 1.29 is 4.39 Å². The molecule has 1 atom stereocenters. The molecule has 0 bridgehead atoms. The summed E-state index contributed by atoms with van der Waals surface area (Å²) in [4.78, 5) is 9.17. The van der Waals surface area contributed by atoms with Crippen LogP contribution in [-0.4, -0.2) is 60.2 Å². The summed E-state index contributed by atoms with van der Waals surface area (Å²) in [5.74, 6) is 0.176. The molecule has 2 aliphatic heterocycles. The highest BCUT2D eigenvalue weighted by Crippen LogP contribution is 2.38. The quantitative estimate of drug-likeness (QED) is 0.605. The highest BCUT2D eigenvalue weighted by Gasteiger charge is 2.33. The number of guanidine groups is 1. The average Bonchev–Trinajstić information content (AvgIpc) is 2.64. The van der Waals surface area contributed by atoms with Gasteiger partial charge in [-0.2, -0.15) is 10.4 Å². The van der Waals surface area contributed by atoms with E-state index in [4.69, 9.17) is 4.99 Å². The molecule has 0 amide bonds. The van der Waals surface area contributed by atoms with Crippen molar-refractivity contribution in [3.8, 4) is 6.07 Å². The third-order valence-electron chi connectivity index (χ3n) is 4.65. The highest BCUT2D eigenvalue weighted by molar-refractivity contribution is 5.87. The van der Waals surface area contributed by atoms with E-state index in [2.05, 4.69) is 21.9 Å². The number of piperazine rings is 1. The zero-order valence-corrected chi connectivity index (χ0v) is 15.4. The van der Waals surface area contributed by atoms with E-state index >= 15 is 0 Å². The van der Waals surface area contributed by atoms with E-state index in [1.807, 2.05) is 37.1 Å². The maximum absolute atomic E-state index is 14.2. The van der Waals surface area contributed by atoms with Gasteiger partial charge in [-0.1, -0.05) is 12.2 Å². The summed E-state index contributed by atoms with van der Waals surface area (Å²) in [6, 6.07) is 4.62. The molecule has 2 aliphatic rings. The van der Waals surface area contributed by atoms with Crippen LogP contribution in [0.15, 0.2) is 34.4 Å². The zero-order valence-electron chi connectivity index (χ0n) is 15.4. The van der Waals surface area contributed by atoms with Crippen molar-refractivity contribution in [3.63, 3.8) is 0 Å². The molecule has 1 aromatic rings. The Labute approximate surface area is 153 Å². The minimum absolute atomic E-state index is 0.0249. The van der Waals surface area contributed by atoms with E-state index in [1.165, 1.54) is 6.07 Å². The largest absolute Gasteiger partial charge is 0.338 e. The molecule has 1 aromatic carbocycles. The van der Waals surface area contributed by atoms with Crippen molar-refractivity contribution in [2.24, 2.45) is 10.1 Å². The zero-order chi connectivity index (χ0) is 18.7. The molecule has 0 saturated carbocycles. The van der Waals surface area contributed by atoms with E-state index in [0.717, 1.165) is 37.7 Å². The van der Waals surface area contributed by atoms with Crippen LogP contribution in [0.25, 0.3) is 0 Å². The normalized spacial score (nSPS) is 21.2. The van der Waals surface area contributed by atoms with Gasteiger partial charge in [-0.25, -0.2) is 14.4 Å². The summed E-state index contributed by atoms with van der Waals surface area (Å²) >= 11 is 0. The third-order valence-corrected chi connectivity index (χ3v) is 4.65. The van der Waals surface area contributed by atoms with E-state index in [1.54, 1.807) is 12.3 Å². The summed E-state index contributed by atoms with van der Waals surface area (Å²) < 4.78 is 14.2. The van der Waals surface area contributed by atoms with Crippen LogP contribution < -0.4 is 0 Å². The number of hydrazone groups is 1. The van der Waals surface area contributed by atoms with Gasteiger partial charge in [0.25, 0.3) is 0 Å². The fourth-order valence-corrected chi connectivity index (χ4v) is 3.25. The van der Waals surface area contributed by atoms with Crippen LogP contribution >= 0.6 is 0 Å². The molecule has 0 N–H and O–H groups in total. The van der Waals surface area contributed by atoms with E-state index in [9.17, 15) is 9.65 Å². The molecule has 1 unspecified atom stereocenters. The Bertz CT molecular complexity index is 799. The van der Waals surface area contributed by atoms with E-state index in [-0.39, 0.29) is 11.6 Å². The minimum Gasteiger partial charge on any atom is -0.338 e. The fourth-order valence-electron chi connectivity index (χ4n) is 3.25. The van der Waals surface area contributed by atoms with Crippen molar-refractivity contribution in [3.05, 3.63) is 41.2 Å². The number of benzene rings is 1. The van der Waals surface area contributed by atoms with Crippen LogP contribution in [0.1, 0.15) is 31.0 Å². The van der Waals surface area contributed by atoms with Crippen molar-refractivity contribution >= 4 is 17.9 Å². The van der Waals surface area contributed by atoms with E-state index in [0.29, 0.717) is 5.69 Å². The number of rotatable bonds is 2. The molecule has 6 nitrogen and oxygen atoms in total. The molecule has 7 heteroatoms. The number of hydrogen-bond acceptors (Lipinski definition) is 6. The van der Waals surface area contributed by atoms with Gasteiger partial charge in [0, 0.05) is 44.0 Å². The van der Waals surface area contributed by atoms with Crippen LogP contribution in [0, 0.1) is 17.1 Å². The van der Waals surface area contributed by atoms with Gasteiger partial charge in [0.05, 0.1) is 11.3 Å². The van der Waals surface area contributed by atoms with Crippen LogP contribution in [0.3, 0.4) is 0 Å². The Morgan fingerprint density at radius 1 is 1.27 bits per heavy atom. The smallest absolute Gasteiger partial charge is 0.223 e. The molecule has 0 radical (unpaired) electrons. The third kappa shape index (κ3) is 3.33. The van der Waals surface area contributed by atoms with Crippen molar-refractivity contribution in [2.75, 3.05) is 33.2 Å². The summed E-state index contributed by atoms with van der Waals surface area (Å²) in [7, 11) is 2.10. The summed E-state index contributed by atoms with van der Waals surface area (Å²) in [5.41, 5.74) is 1.36. The number of hydrogen-bond donors (Lipinski definition) is 0. The number of fused-ring (bicyclic) bond motifs is 1. The van der Waals surface area contributed by atoms with Crippen molar-refractivity contribution in [2.45, 2.75) is 19.9 Å². The molecule has 136 valence electrons. The maximum atomic E-state index is 14.2. The number of allylic oxidation sites excluding steroid dienone is 1. The second kappa shape index (κ2) is 7.67. The lowest BCUT2D eigenvalue weighted by molar-refractivity contribution is 0.190. The molecule has 0 spiro atoms. The van der Waals surface area contributed by atoms with Crippen LogP contribution in [-0.2, 0) is 0 Å². The lowest BCUT2D eigenvalue weighted by Crippen LogP contribution is -2.52. The topological polar surface area (TPSA) is 58.2 Å². The first-order chi connectivity index (χ1) is 12.6. The van der Waals surface area contributed by atoms with Crippen molar-refractivity contribution in [1.82, 2.24) is 14.8 Å². The number of nitriles is 1. The molecule has 2 heterocycles. The van der Waals surface area contributed by atoms with Gasteiger partial charge in [-0.15, -0.1) is 0 Å². The lowest BCUT2D eigenvalue weighted by Gasteiger charge is -2.41. The molecule has 1 saturated heterocycles. The van der Waals surface area contributed by atoms with Gasteiger partial charge in [0.2, 0.25) is 5.96 Å². The van der Waals surface area contributed by atoms with Gasteiger partial charge in [0.1, 0.15) is 17.9 Å². The molecule has 0 aromatic heterocycles. The maximum Gasteiger partial charge on any atom is 0.223 e. The molecule has 26 heavy (non-hydrogen) atoms. The highest BCUT2D eigenvalue weighted by atomic mass is 19.1. The average molecular weight is 354 g/mol. The molecular weight excluding hydrogens is 331 g/mol. The molecule has 0 aliphatic carbocycles. The summed E-state index contributed by atoms with van der Waals surface area (Å²) in [5, 5.41) is 15.6. The predicted octanol–water partition coefficient (Wildman–Crippen LogP) is 2.87. The summed E-state index contributed by atoms with van der Waals surface area (Å²) in [6.45, 7) is 7.33. The molecular formula is C19H23FN6. The van der Waals surface area contributed by atoms with Crippen LogP contribution in [0.5, 0.6) is 0 Å². The minimum atomic E-state index is -0.542. The number of halogens is 1. The fraction of sp³-hybridized carbons (Fsp3) is 0.421. The van der Waals surface area contributed by atoms with Gasteiger partial charge in [-0.3, -0.25) is 0 Å². The Morgan fingerprint density at radius 2 is 2.00 bits per heavy atom. The first-order valence-electron chi connectivity index (χ1n) is 8.75. The van der Waals surface area contributed by atoms with Gasteiger partial charge in [-0.05, 0) is 27.0 Å². The van der Waals surface area contributed by atoms with Crippen LogP contribution in [0.2, 0.25) is 0 Å². The predicted molar refractivity (Wildman–Crippen MR) is 101 cm³/mol. The van der Waals surface area contributed by atoms with Gasteiger partial charge >= 0.3 is 0 Å². The molecule has 3 rings (SSSR count). The lowest BCUT2D eigenvalue weighted by atomic mass is 9.99. The SMILES string of the molecule is C/C=N\N1C(N2CCN(C)CC2)=Nc2cc(F)c(C#N)cc2C1/C=C/C. The standard InChI is InChI=1S/C19H23FN6/c1-4-6-18-15-11-14(13-21)16(20)12-17(15)23-19(26(18)22-5-2)25-9-7-24(3)8-10-25/h4-6,11-12,18H,7-10H2,1-3H3/b6-4+,22-5-. The Hall–Kier alpha value is -2.72. The summed E-state index contributed by atoms with van der Waals surface area (Å²) in [6.07, 6.45) is 5.66. The number of likely N-dealkylation sites (N-methyl/N-ethyl adjacent to an activating group) is 1. The van der Waals surface area contributed by atoms with Crippen LogP contribution in [0.4, 0.5) is 10.1 Å². The first kappa shape index (κ1) is 18.1. The monoisotopic (exact) mass is 354 g/mol. The van der Waals surface area contributed by atoms with Gasteiger partial charge in [0.15, 0.2) is 0 Å². The Balaban J connectivity index is 2.12. The van der Waals surface area contributed by atoms with Gasteiger partial charge < -0.3 is 9.80 Å². The first-order valence-corrected chi connectivity index (χ1v) is 8.75. The molecule has 1 fully saturated rings. The number of aliphatic imine (C=N–C) groups is 1. The van der Waals surface area contributed by atoms with E-state index < -0.39 is 5.82 Å².